The molecule has 1 atom stereocenters. The standard InChI is InChI=1S/C28H24Cl2N2O3S/c1-20-12-14-22(15-13-20)28(21-8-4-2-5-9-21)31-27(33)19-32(23-16-17-25(29)26(30)18-23)36(34,35)24-10-6-3-7-11-24/h2-18,28H,19H2,1H3,(H,31,33)/t28-/m1/s1. The van der Waals surface area contributed by atoms with Gasteiger partial charge in [0, 0.05) is 0 Å². The van der Waals surface area contributed by atoms with Crippen LogP contribution in [0.4, 0.5) is 5.69 Å². The average molecular weight is 539 g/mol. The van der Waals surface area contributed by atoms with Gasteiger partial charge in [0.15, 0.2) is 0 Å². The molecule has 0 aliphatic carbocycles. The molecule has 0 saturated heterocycles. The molecule has 5 nitrogen and oxygen atoms in total. The van der Waals surface area contributed by atoms with E-state index in [4.69, 9.17) is 23.2 Å². The molecule has 0 unspecified atom stereocenters. The number of nitrogens with one attached hydrogen (secondary N) is 1. The summed E-state index contributed by atoms with van der Waals surface area (Å²) in [5.41, 5.74) is 3.08. The fraction of sp³-hybridized carbons (Fsp3) is 0.107. The van der Waals surface area contributed by atoms with Gasteiger partial charge in [0.1, 0.15) is 6.54 Å². The summed E-state index contributed by atoms with van der Waals surface area (Å²) in [6.45, 7) is 1.54. The lowest BCUT2D eigenvalue weighted by Crippen LogP contribution is -2.42. The molecule has 1 N–H and O–H groups in total. The summed E-state index contributed by atoms with van der Waals surface area (Å²) in [5.74, 6) is -0.477. The molecular weight excluding hydrogens is 515 g/mol. The summed E-state index contributed by atoms with van der Waals surface area (Å²) in [7, 11) is -4.08. The first kappa shape index (κ1) is 25.8. The highest BCUT2D eigenvalue weighted by Crippen LogP contribution is 2.31. The largest absolute Gasteiger partial charge is 0.344 e. The van der Waals surface area contributed by atoms with Crippen molar-refractivity contribution in [2.45, 2.75) is 17.9 Å². The number of amides is 1. The topological polar surface area (TPSA) is 66.5 Å². The summed E-state index contributed by atoms with van der Waals surface area (Å²) >= 11 is 12.3. The Morgan fingerprint density at radius 2 is 1.39 bits per heavy atom. The van der Waals surface area contributed by atoms with Crippen LogP contribution in [0.1, 0.15) is 22.7 Å². The average Bonchev–Trinajstić information content (AvgIpc) is 2.89. The highest BCUT2D eigenvalue weighted by molar-refractivity contribution is 7.92. The molecule has 0 saturated carbocycles. The van der Waals surface area contributed by atoms with Crippen LogP contribution in [0.2, 0.25) is 10.0 Å². The molecule has 184 valence electrons. The third kappa shape index (κ3) is 5.90. The van der Waals surface area contributed by atoms with E-state index in [9.17, 15) is 13.2 Å². The fourth-order valence-corrected chi connectivity index (χ4v) is 5.50. The Labute approximate surface area is 221 Å². The smallest absolute Gasteiger partial charge is 0.264 e. The van der Waals surface area contributed by atoms with Gasteiger partial charge in [-0.25, -0.2) is 8.42 Å². The van der Waals surface area contributed by atoms with Gasteiger partial charge in [-0.15, -0.1) is 0 Å². The number of nitrogens with zero attached hydrogens (tertiary/aromatic N) is 1. The van der Waals surface area contributed by atoms with Crippen molar-refractivity contribution in [3.63, 3.8) is 0 Å². The van der Waals surface area contributed by atoms with E-state index in [1.165, 1.54) is 30.3 Å². The lowest BCUT2D eigenvalue weighted by molar-refractivity contribution is -0.120. The van der Waals surface area contributed by atoms with Gasteiger partial charge in [-0.2, -0.15) is 0 Å². The van der Waals surface area contributed by atoms with Crippen molar-refractivity contribution in [3.8, 4) is 0 Å². The molecule has 36 heavy (non-hydrogen) atoms. The van der Waals surface area contributed by atoms with E-state index < -0.39 is 28.5 Å². The monoisotopic (exact) mass is 538 g/mol. The maximum absolute atomic E-state index is 13.6. The Hall–Kier alpha value is -3.32. The Kier molecular flexibility index (Phi) is 7.99. The number of carbonyl (C=O) groups excluding carboxylic acids is 1. The Morgan fingerprint density at radius 3 is 2.00 bits per heavy atom. The van der Waals surface area contributed by atoms with E-state index in [2.05, 4.69) is 5.32 Å². The number of aryl methyl sites for hydroxylation is 1. The second kappa shape index (κ2) is 11.2. The van der Waals surface area contributed by atoms with Gasteiger partial charge in [0.05, 0.1) is 26.7 Å². The van der Waals surface area contributed by atoms with E-state index in [0.29, 0.717) is 0 Å². The van der Waals surface area contributed by atoms with Gasteiger partial charge in [-0.05, 0) is 48.4 Å². The summed E-state index contributed by atoms with van der Waals surface area (Å²) in [5, 5.41) is 3.48. The van der Waals surface area contributed by atoms with Crippen LogP contribution >= 0.6 is 23.2 Å². The molecule has 8 heteroatoms. The third-order valence-corrected chi connectivity index (χ3v) is 8.19. The maximum atomic E-state index is 13.6. The van der Waals surface area contributed by atoms with Crippen LogP contribution in [-0.2, 0) is 14.8 Å². The van der Waals surface area contributed by atoms with Crippen LogP contribution < -0.4 is 9.62 Å². The molecule has 4 rings (SSSR count). The molecule has 4 aromatic rings. The number of rotatable bonds is 8. The fourth-order valence-electron chi connectivity index (χ4n) is 3.78. The van der Waals surface area contributed by atoms with Gasteiger partial charge in [0.25, 0.3) is 10.0 Å². The predicted octanol–water partition coefficient (Wildman–Crippen LogP) is 6.40. The first-order valence-corrected chi connectivity index (χ1v) is 13.4. The van der Waals surface area contributed by atoms with Gasteiger partial charge < -0.3 is 5.32 Å². The second-order valence-corrected chi connectivity index (χ2v) is 10.9. The van der Waals surface area contributed by atoms with Crippen molar-refractivity contribution < 1.29 is 13.2 Å². The van der Waals surface area contributed by atoms with Crippen molar-refractivity contribution in [2.75, 3.05) is 10.8 Å². The van der Waals surface area contributed by atoms with Crippen molar-refractivity contribution in [2.24, 2.45) is 0 Å². The van der Waals surface area contributed by atoms with Crippen molar-refractivity contribution >= 4 is 44.8 Å². The van der Waals surface area contributed by atoms with Crippen LogP contribution in [-0.4, -0.2) is 20.9 Å². The van der Waals surface area contributed by atoms with Gasteiger partial charge in [-0.3, -0.25) is 9.10 Å². The molecule has 0 aliphatic rings. The van der Waals surface area contributed by atoms with Gasteiger partial charge in [-0.1, -0.05) is 102 Å². The van der Waals surface area contributed by atoms with E-state index in [0.717, 1.165) is 21.0 Å². The van der Waals surface area contributed by atoms with E-state index in [1.54, 1.807) is 18.2 Å². The molecule has 0 heterocycles. The van der Waals surface area contributed by atoms with Crippen molar-refractivity contribution in [3.05, 3.63) is 130 Å². The molecule has 0 bridgehead atoms. The first-order valence-electron chi connectivity index (χ1n) is 11.2. The van der Waals surface area contributed by atoms with Crippen LogP contribution in [0, 0.1) is 6.92 Å². The van der Waals surface area contributed by atoms with Crippen LogP contribution in [0.3, 0.4) is 0 Å². The van der Waals surface area contributed by atoms with Crippen molar-refractivity contribution in [1.82, 2.24) is 5.32 Å². The van der Waals surface area contributed by atoms with E-state index in [1.807, 2.05) is 61.5 Å². The zero-order chi connectivity index (χ0) is 25.7. The van der Waals surface area contributed by atoms with Crippen LogP contribution in [0.25, 0.3) is 0 Å². The zero-order valence-corrected chi connectivity index (χ0v) is 21.8. The summed E-state index contributed by atoms with van der Waals surface area (Å²) in [6, 6.07) is 29.3. The number of anilines is 1. The summed E-state index contributed by atoms with van der Waals surface area (Å²) in [6.07, 6.45) is 0. The number of hydrogen-bond donors (Lipinski definition) is 1. The van der Waals surface area contributed by atoms with Gasteiger partial charge >= 0.3 is 0 Å². The highest BCUT2D eigenvalue weighted by Gasteiger charge is 2.29. The molecule has 1 amide bonds. The molecule has 0 aromatic heterocycles. The molecule has 4 aromatic carbocycles. The lowest BCUT2D eigenvalue weighted by atomic mass is 9.98. The Bertz CT molecular complexity index is 1450. The van der Waals surface area contributed by atoms with Crippen molar-refractivity contribution in [1.29, 1.82) is 0 Å². The molecular formula is C28H24Cl2N2O3S. The minimum atomic E-state index is -4.08. The predicted molar refractivity (Wildman–Crippen MR) is 145 cm³/mol. The third-order valence-electron chi connectivity index (χ3n) is 5.66. The maximum Gasteiger partial charge on any atom is 0.264 e. The van der Waals surface area contributed by atoms with Crippen LogP contribution in [0.15, 0.2) is 108 Å². The number of hydrogen-bond acceptors (Lipinski definition) is 3. The summed E-state index contributed by atoms with van der Waals surface area (Å²) < 4.78 is 28.2. The number of carbonyl (C=O) groups is 1. The number of sulfonamides is 1. The quantitative estimate of drug-likeness (QED) is 0.282. The zero-order valence-electron chi connectivity index (χ0n) is 19.4. The van der Waals surface area contributed by atoms with Gasteiger partial charge in [0.2, 0.25) is 5.91 Å². The summed E-state index contributed by atoms with van der Waals surface area (Å²) in [4.78, 5) is 13.5. The Balaban J connectivity index is 1.69. The molecule has 0 fully saturated rings. The SMILES string of the molecule is Cc1ccc([C@H](NC(=O)CN(c2ccc(Cl)c(Cl)c2)S(=O)(=O)c2ccccc2)c2ccccc2)cc1. The minimum absolute atomic E-state index is 0.0574. The normalized spacial score (nSPS) is 12.1. The number of halogens is 2. The Morgan fingerprint density at radius 1 is 0.806 bits per heavy atom. The number of benzene rings is 4. The highest BCUT2D eigenvalue weighted by atomic mass is 35.5. The molecule has 0 spiro atoms. The molecule has 0 radical (unpaired) electrons. The second-order valence-electron chi connectivity index (χ2n) is 8.25. The van der Waals surface area contributed by atoms with E-state index in [-0.39, 0.29) is 20.6 Å². The minimum Gasteiger partial charge on any atom is -0.344 e. The first-order chi connectivity index (χ1) is 17.3. The molecule has 0 aliphatic heterocycles. The van der Waals surface area contributed by atoms with Crippen LogP contribution in [0.5, 0.6) is 0 Å². The lowest BCUT2D eigenvalue weighted by Gasteiger charge is -2.26. The van der Waals surface area contributed by atoms with E-state index >= 15 is 0 Å².